The maximum atomic E-state index is 4.66. The van der Waals surface area contributed by atoms with Crippen molar-refractivity contribution in [3.8, 4) is 10.4 Å². The van der Waals surface area contributed by atoms with Gasteiger partial charge in [-0.05, 0) is 36.1 Å². The van der Waals surface area contributed by atoms with E-state index in [1.807, 2.05) is 12.3 Å². The Balaban J connectivity index is 1.39. The van der Waals surface area contributed by atoms with E-state index in [9.17, 15) is 0 Å². The van der Waals surface area contributed by atoms with Crippen molar-refractivity contribution in [2.45, 2.75) is 13.3 Å². The molecule has 0 aliphatic carbocycles. The van der Waals surface area contributed by atoms with Gasteiger partial charge in [-0.15, -0.1) is 11.3 Å². The first-order valence-corrected chi connectivity index (χ1v) is 10.1. The fraction of sp³-hybridized carbons (Fsp3) is 0.174. The lowest BCUT2D eigenvalue weighted by atomic mass is 10.1. The molecule has 4 heteroatoms. The zero-order valence-electron chi connectivity index (χ0n) is 15.4. The molecule has 0 saturated carbocycles. The lowest BCUT2D eigenvalue weighted by Crippen LogP contribution is -2.20. The topological polar surface area (TPSA) is 29.3 Å². The Labute approximate surface area is 164 Å². The van der Waals surface area contributed by atoms with E-state index in [1.165, 1.54) is 27.1 Å². The van der Waals surface area contributed by atoms with Crippen LogP contribution in [0.15, 0.2) is 77.9 Å². The Morgan fingerprint density at radius 2 is 2.00 bits per heavy atom. The number of hydrogen-bond acceptors (Lipinski definition) is 3. The molecule has 0 bridgehead atoms. The number of pyridine rings is 1. The van der Waals surface area contributed by atoms with Gasteiger partial charge in [0.05, 0.1) is 11.7 Å². The van der Waals surface area contributed by atoms with Crippen LogP contribution in [0.1, 0.15) is 18.3 Å². The molecule has 136 valence electrons. The van der Waals surface area contributed by atoms with Gasteiger partial charge in [0.2, 0.25) is 0 Å². The fourth-order valence-corrected chi connectivity index (χ4v) is 4.03. The quantitative estimate of drug-likeness (QED) is 0.446. The second-order valence-electron chi connectivity index (χ2n) is 6.66. The van der Waals surface area contributed by atoms with E-state index in [0.29, 0.717) is 0 Å². The Morgan fingerprint density at radius 1 is 1.11 bits per heavy atom. The summed E-state index contributed by atoms with van der Waals surface area (Å²) < 4.78 is 2.21. The summed E-state index contributed by atoms with van der Waals surface area (Å²) in [6.45, 7) is 3.96. The number of thiophene rings is 1. The van der Waals surface area contributed by atoms with Crippen molar-refractivity contribution in [2.75, 3.05) is 13.1 Å². The van der Waals surface area contributed by atoms with Crippen molar-refractivity contribution < 1.29 is 0 Å². The van der Waals surface area contributed by atoms with Crippen LogP contribution in [0.2, 0.25) is 0 Å². The highest BCUT2D eigenvalue weighted by molar-refractivity contribution is 7.13. The first-order chi connectivity index (χ1) is 13.3. The third kappa shape index (κ3) is 4.18. The average molecular weight is 374 g/mol. The lowest BCUT2D eigenvalue weighted by Gasteiger charge is -2.07. The first-order valence-electron chi connectivity index (χ1n) is 9.23. The van der Waals surface area contributed by atoms with E-state index in [-0.39, 0.29) is 0 Å². The van der Waals surface area contributed by atoms with E-state index in [2.05, 4.69) is 87.8 Å². The number of aromatic nitrogens is 2. The standard InChI is InChI=1S/C23H23N3S/c1-18(15-19-7-3-2-4-8-19)16-24-12-11-23-25-17-21-20(9-5-13-26(21)23)22-10-6-14-27-22/h2-10,13-15,17,24H,11-12,16H2,1H3. The van der Waals surface area contributed by atoms with E-state index in [0.717, 1.165) is 25.3 Å². The number of nitrogens with zero attached hydrogens (tertiary/aromatic N) is 2. The number of hydrogen-bond donors (Lipinski definition) is 1. The number of fused-ring (bicyclic) bond motifs is 1. The van der Waals surface area contributed by atoms with Crippen LogP contribution in [0.25, 0.3) is 22.0 Å². The molecule has 0 aliphatic heterocycles. The summed E-state index contributed by atoms with van der Waals surface area (Å²) in [7, 11) is 0. The molecule has 1 aromatic carbocycles. The second-order valence-corrected chi connectivity index (χ2v) is 7.60. The Morgan fingerprint density at radius 3 is 2.81 bits per heavy atom. The van der Waals surface area contributed by atoms with E-state index < -0.39 is 0 Å². The van der Waals surface area contributed by atoms with E-state index >= 15 is 0 Å². The molecular weight excluding hydrogens is 350 g/mol. The number of rotatable bonds is 7. The zero-order valence-corrected chi connectivity index (χ0v) is 16.2. The van der Waals surface area contributed by atoms with Gasteiger partial charge in [0.15, 0.2) is 0 Å². The summed E-state index contributed by atoms with van der Waals surface area (Å²) in [6, 6.07) is 19.0. The van der Waals surface area contributed by atoms with Crippen molar-refractivity contribution >= 4 is 22.9 Å². The highest BCUT2D eigenvalue weighted by Crippen LogP contribution is 2.29. The maximum absolute atomic E-state index is 4.66. The molecule has 3 aromatic heterocycles. The maximum Gasteiger partial charge on any atom is 0.114 e. The highest BCUT2D eigenvalue weighted by atomic mass is 32.1. The van der Waals surface area contributed by atoms with Gasteiger partial charge in [0.1, 0.15) is 5.82 Å². The minimum atomic E-state index is 0.888. The molecule has 4 aromatic rings. The molecule has 0 spiro atoms. The van der Waals surface area contributed by atoms with Crippen molar-refractivity contribution in [2.24, 2.45) is 0 Å². The van der Waals surface area contributed by atoms with Crippen LogP contribution in [0.4, 0.5) is 0 Å². The van der Waals surface area contributed by atoms with Gasteiger partial charge in [-0.25, -0.2) is 4.98 Å². The monoisotopic (exact) mass is 373 g/mol. The molecular formula is C23H23N3S. The SMILES string of the molecule is CC(=Cc1ccccc1)CNCCc1ncc2c(-c3cccs3)cccn12. The molecule has 1 N–H and O–H groups in total. The summed E-state index contributed by atoms with van der Waals surface area (Å²) in [5, 5.41) is 5.65. The predicted octanol–water partition coefficient (Wildman–Crippen LogP) is 5.30. The predicted molar refractivity (Wildman–Crippen MR) is 115 cm³/mol. The van der Waals surface area contributed by atoms with Crippen LogP contribution < -0.4 is 5.32 Å². The van der Waals surface area contributed by atoms with Gasteiger partial charge in [-0.1, -0.05) is 48.0 Å². The third-order valence-corrected chi connectivity index (χ3v) is 5.48. The van der Waals surface area contributed by atoms with Gasteiger partial charge in [-0.2, -0.15) is 0 Å². The average Bonchev–Trinajstić information content (AvgIpc) is 3.36. The third-order valence-electron chi connectivity index (χ3n) is 4.58. The largest absolute Gasteiger partial charge is 0.313 e. The first kappa shape index (κ1) is 17.7. The molecule has 0 fully saturated rings. The highest BCUT2D eigenvalue weighted by Gasteiger charge is 2.09. The smallest absolute Gasteiger partial charge is 0.114 e. The minimum absolute atomic E-state index is 0.888. The molecule has 3 heterocycles. The van der Waals surface area contributed by atoms with Gasteiger partial charge in [-0.3, -0.25) is 0 Å². The molecule has 0 atom stereocenters. The molecule has 0 amide bonds. The van der Waals surface area contributed by atoms with Gasteiger partial charge in [0, 0.05) is 36.1 Å². The number of imidazole rings is 1. The van der Waals surface area contributed by atoms with Crippen LogP contribution in [0.5, 0.6) is 0 Å². The lowest BCUT2D eigenvalue weighted by molar-refractivity contribution is 0.705. The summed E-state index contributed by atoms with van der Waals surface area (Å²) in [6.07, 6.45) is 7.23. The van der Waals surface area contributed by atoms with Gasteiger partial charge in [0.25, 0.3) is 0 Å². The van der Waals surface area contributed by atoms with Crippen LogP contribution in [-0.4, -0.2) is 22.5 Å². The van der Waals surface area contributed by atoms with Crippen molar-refractivity contribution in [3.05, 3.63) is 89.3 Å². The molecule has 0 aliphatic rings. The zero-order chi connectivity index (χ0) is 18.5. The number of nitrogens with one attached hydrogen (secondary N) is 1. The molecule has 4 rings (SSSR count). The van der Waals surface area contributed by atoms with Crippen molar-refractivity contribution in [1.29, 1.82) is 0 Å². The van der Waals surface area contributed by atoms with Crippen LogP contribution >= 0.6 is 11.3 Å². The van der Waals surface area contributed by atoms with Gasteiger partial charge >= 0.3 is 0 Å². The molecule has 0 saturated heterocycles. The minimum Gasteiger partial charge on any atom is -0.313 e. The summed E-state index contributed by atoms with van der Waals surface area (Å²) in [5.74, 6) is 1.10. The van der Waals surface area contributed by atoms with E-state index in [4.69, 9.17) is 0 Å². The van der Waals surface area contributed by atoms with E-state index in [1.54, 1.807) is 11.3 Å². The Bertz CT molecular complexity index is 1030. The van der Waals surface area contributed by atoms with Crippen molar-refractivity contribution in [1.82, 2.24) is 14.7 Å². The fourth-order valence-electron chi connectivity index (χ4n) is 3.27. The summed E-state index contributed by atoms with van der Waals surface area (Å²) >= 11 is 1.77. The summed E-state index contributed by atoms with van der Waals surface area (Å²) in [5.41, 5.74) is 5.00. The van der Waals surface area contributed by atoms with Crippen LogP contribution in [0.3, 0.4) is 0 Å². The van der Waals surface area contributed by atoms with Gasteiger partial charge < -0.3 is 9.72 Å². The Kier molecular flexibility index (Phi) is 5.47. The normalized spacial score (nSPS) is 12.0. The van der Waals surface area contributed by atoms with Crippen molar-refractivity contribution in [3.63, 3.8) is 0 Å². The second kappa shape index (κ2) is 8.33. The molecule has 0 radical (unpaired) electrons. The Hall–Kier alpha value is -2.69. The molecule has 0 unspecified atom stereocenters. The molecule has 27 heavy (non-hydrogen) atoms. The molecule has 3 nitrogen and oxygen atoms in total. The summed E-state index contributed by atoms with van der Waals surface area (Å²) in [4.78, 5) is 5.95. The number of benzene rings is 1. The van der Waals surface area contributed by atoms with Crippen LogP contribution in [0, 0.1) is 0 Å². The van der Waals surface area contributed by atoms with Crippen LogP contribution in [-0.2, 0) is 6.42 Å².